The third kappa shape index (κ3) is 4.02. The summed E-state index contributed by atoms with van der Waals surface area (Å²) in [7, 11) is 0. The number of guanidine groups is 1. The molecule has 0 unspecified atom stereocenters. The van der Waals surface area contributed by atoms with Crippen LogP contribution in [-0.2, 0) is 11.6 Å². The smallest absolute Gasteiger partial charge is 0.370 e. The third-order valence-corrected chi connectivity index (χ3v) is 4.99. The van der Waals surface area contributed by atoms with Gasteiger partial charge in [-0.3, -0.25) is 4.99 Å². The van der Waals surface area contributed by atoms with Crippen LogP contribution in [0.25, 0.3) is 0 Å². The molecule has 2 rings (SSSR count). The summed E-state index contributed by atoms with van der Waals surface area (Å²) in [6, 6.07) is 5.70. The average Bonchev–Trinajstić information content (AvgIpc) is 3.04. The minimum atomic E-state index is -4.32. The second kappa shape index (κ2) is 7.45. The summed E-state index contributed by atoms with van der Waals surface area (Å²) in [5.74, 6) is 0.471. The number of nitrogens with zero attached hydrogens (tertiary/aromatic N) is 2. The molecule has 1 aliphatic carbocycles. The van der Waals surface area contributed by atoms with Gasteiger partial charge in [-0.15, -0.1) is 0 Å². The summed E-state index contributed by atoms with van der Waals surface area (Å²) in [6.07, 6.45) is -0.597. The van der Waals surface area contributed by atoms with Crippen molar-refractivity contribution in [1.29, 1.82) is 0 Å². The molecule has 0 saturated heterocycles. The van der Waals surface area contributed by atoms with Crippen molar-refractivity contribution in [3.63, 3.8) is 0 Å². The van der Waals surface area contributed by atoms with E-state index in [2.05, 4.69) is 4.99 Å². The first-order valence-electron chi connectivity index (χ1n) is 8.55. The van der Waals surface area contributed by atoms with Crippen LogP contribution in [-0.4, -0.2) is 30.5 Å². The van der Waals surface area contributed by atoms with Crippen LogP contribution >= 0.6 is 0 Å². The van der Waals surface area contributed by atoms with Gasteiger partial charge < -0.3 is 10.6 Å². The molecule has 0 atom stereocenters. The lowest BCUT2D eigenvalue weighted by Gasteiger charge is -2.29. The predicted molar refractivity (Wildman–Crippen MR) is 91.0 cm³/mol. The van der Waals surface area contributed by atoms with Crippen LogP contribution in [0.3, 0.4) is 0 Å². The van der Waals surface area contributed by atoms with Gasteiger partial charge in [-0.25, -0.2) is 0 Å². The Labute approximate surface area is 141 Å². The summed E-state index contributed by atoms with van der Waals surface area (Å²) < 4.78 is 39.1. The Morgan fingerprint density at radius 3 is 2.38 bits per heavy atom. The molecule has 0 aliphatic heterocycles. The summed E-state index contributed by atoms with van der Waals surface area (Å²) in [6.45, 7) is 5.98. The molecule has 0 radical (unpaired) electrons. The fourth-order valence-corrected chi connectivity index (χ4v) is 3.50. The van der Waals surface area contributed by atoms with E-state index in [-0.39, 0.29) is 5.41 Å². The average molecular weight is 341 g/mol. The maximum absolute atomic E-state index is 13.0. The number of halogens is 3. The number of hydrogen-bond acceptors (Lipinski definition) is 1. The monoisotopic (exact) mass is 341 g/mol. The quantitative estimate of drug-likeness (QED) is 0.645. The predicted octanol–water partition coefficient (Wildman–Crippen LogP) is 4.17. The van der Waals surface area contributed by atoms with Crippen molar-refractivity contribution >= 4 is 5.96 Å². The summed E-state index contributed by atoms with van der Waals surface area (Å²) >= 11 is 0. The molecule has 1 fully saturated rings. The molecular formula is C18H26F3N3. The van der Waals surface area contributed by atoms with Crippen molar-refractivity contribution in [2.24, 2.45) is 10.7 Å². The molecule has 3 nitrogen and oxygen atoms in total. The van der Waals surface area contributed by atoms with E-state index in [9.17, 15) is 13.2 Å². The van der Waals surface area contributed by atoms with Gasteiger partial charge in [0.25, 0.3) is 0 Å². The summed E-state index contributed by atoms with van der Waals surface area (Å²) in [4.78, 5) is 6.48. The molecule has 134 valence electrons. The number of nitrogens with two attached hydrogens (primary N) is 1. The number of benzene rings is 1. The van der Waals surface area contributed by atoms with Crippen LogP contribution in [0.5, 0.6) is 0 Å². The number of hydrogen-bond donors (Lipinski definition) is 1. The van der Waals surface area contributed by atoms with E-state index < -0.39 is 11.7 Å². The van der Waals surface area contributed by atoms with Gasteiger partial charge in [0.05, 0.1) is 12.1 Å². The van der Waals surface area contributed by atoms with Crippen molar-refractivity contribution < 1.29 is 13.2 Å². The molecule has 0 bridgehead atoms. The van der Waals surface area contributed by atoms with Crippen molar-refractivity contribution in [3.8, 4) is 0 Å². The molecule has 0 amide bonds. The highest BCUT2D eigenvalue weighted by molar-refractivity contribution is 5.78. The fraction of sp³-hybridized carbons (Fsp3) is 0.611. The van der Waals surface area contributed by atoms with Crippen molar-refractivity contribution in [3.05, 3.63) is 35.4 Å². The van der Waals surface area contributed by atoms with Crippen LogP contribution in [0.2, 0.25) is 0 Å². The van der Waals surface area contributed by atoms with E-state index in [1.165, 1.54) is 12.1 Å². The van der Waals surface area contributed by atoms with Gasteiger partial charge in [0.1, 0.15) is 0 Å². The van der Waals surface area contributed by atoms with Crippen LogP contribution in [0, 0.1) is 0 Å². The maximum atomic E-state index is 13.0. The Morgan fingerprint density at radius 1 is 1.21 bits per heavy atom. The first-order chi connectivity index (χ1) is 11.3. The van der Waals surface area contributed by atoms with E-state index in [0.717, 1.165) is 50.4 Å². The van der Waals surface area contributed by atoms with Gasteiger partial charge in [-0.1, -0.05) is 31.0 Å². The standard InChI is InChI=1S/C18H26F3N3/c1-3-24(4-2)16(22)23-13-17(10-5-6-11-17)14-8-7-9-15(12-14)18(19,20)21/h7-9,12H,3-6,10-11,13H2,1-2H3,(H2,22,23). The lowest BCUT2D eigenvalue weighted by Crippen LogP contribution is -2.38. The molecule has 1 aliphatic rings. The Hall–Kier alpha value is -1.72. The molecular weight excluding hydrogens is 315 g/mol. The zero-order valence-corrected chi connectivity index (χ0v) is 14.4. The van der Waals surface area contributed by atoms with E-state index in [1.54, 1.807) is 6.07 Å². The Morgan fingerprint density at radius 2 is 1.83 bits per heavy atom. The Bertz CT molecular complexity index is 571. The van der Waals surface area contributed by atoms with Crippen molar-refractivity contribution in [1.82, 2.24) is 4.90 Å². The van der Waals surface area contributed by atoms with E-state index in [1.807, 2.05) is 18.7 Å². The number of rotatable bonds is 5. The molecule has 1 saturated carbocycles. The largest absolute Gasteiger partial charge is 0.416 e. The molecule has 0 heterocycles. The number of alkyl halides is 3. The molecule has 24 heavy (non-hydrogen) atoms. The minimum Gasteiger partial charge on any atom is -0.370 e. The molecule has 0 spiro atoms. The lowest BCUT2D eigenvalue weighted by molar-refractivity contribution is -0.137. The van der Waals surface area contributed by atoms with Crippen LogP contribution in [0.4, 0.5) is 13.2 Å². The van der Waals surface area contributed by atoms with Crippen molar-refractivity contribution in [2.45, 2.75) is 51.1 Å². The highest BCUT2D eigenvalue weighted by Gasteiger charge is 2.38. The Balaban J connectivity index is 2.30. The highest BCUT2D eigenvalue weighted by atomic mass is 19.4. The molecule has 6 heteroatoms. The van der Waals surface area contributed by atoms with Gasteiger partial charge in [0.15, 0.2) is 5.96 Å². The SMILES string of the molecule is CCN(CC)C(N)=NCC1(c2cccc(C(F)(F)F)c2)CCCC1. The zero-order valence-electron chi connectivity index (χ0n) is 14.4. The summed E-state index contributed by atoms with van der Waals surface area (Å²) in [5, 5.41) is 0. The first-order valence-corrected chi connectivity index (χ1v) is 8.55. The normalized spacial score (nSPS) is 18.0. The second-order valence-electron chi connectivity index (χ2n) is 6.41. The van der Waals surface area contributed by atoms with E-state index in [0.29, 0.717) is 12.5 Å². The number of aliphatic imine (C=N–C) groups is 1. The van der Waals surface area contributed by atoms with Crippen LogP contribution in [0.15, 0.2) is 29.3 Å². The summed E-state index contributed by atoms with van der Waals surface area (Å²) in [5.41, 5.74) is 5.85. The zero-order chi connectivity index (χ0) is 17.8. The van der Waals surface area contributed by atoms with E-state index in [4.69, 9.17) is 5.73 Å². The van der Waals surface area contributed by atoms with Gasteiger partial charge in [0, 0.05) is 18.5 Å². The van der Waals surface area contributed by atoms with Crippen LogP contribution in [0.1, 0.15) is 50.7 Å². The van der Waals surface area contributed by atoms with Gasteiger partial charge in [-0.05, 0) is 38.3 Å². The highest BCUT2D eigenvalue weighted by Crippen LogP contribution is 2.43. The maximum Gasteiger partial charge on any atom is 0.416 e. The van der Waals surface area contributed by atoms with Crippen molar-refractivity contribution in [2.75, 3.05) is 19.6 Å². The van der Waals surface area contributed by atoms with Gasteiger partial charge in [0.2, 0.25) is 0 Å². The molecule has 1 aromatic carbocycles. The minimum absolute atomic E-state index is 0.334. The lowest BCUT2D eigenvalue weighted by atomic mass is 9.78. The van der Waals surface area contributed by atoms with E-state index >= 15 is 0 Å². The van der Waals surface area contributed by atoms with Gasteiger partial charge in [-0.2, -0.15) is 13.2 Å². The topological polar surface area (TPSA) is 41.6 Å². The first kappa shape index (κ1) is 18.6. The van der Waals surface area contributed by atoms with Crippen LogP contribution < -0.4 is 5.73 Å². The fourth-order valence-electron chi connectivity index (χ4n) is 3.50. The molecule has 1 aromatic rings. The molecule has 2 N–H and O–H groups in total. The van der Waals surface area contributed by atoms with Gasteiger partial charge >= 0.3 is 6.18 Å². The third-order valence-electron chi connectivity index (χ3n) is 4.99. The molecule has 0 aromatic heterocycles. The Kier molecular flexibility index (Phi) is 5.78. The second-order valence-corrected chi connectivity index (χ2v) is 6.41.